The molecule has 1 spiro atoms. The molecule has 8 nitrogen and oxygen atoms in total. The number of phenols is 1. The number of carboxylic acids is 1. The summed E-state index contributed by atoms with van der Waals surface area (Å²) in [6.45, 7) is 2.64. The minimum absolute atomic E-state index is 0.0204. The number of ether oxygens (including phenoxy) is 2. The molecule has 1 amide bonds. The lowest BCUT2D eigenvalue weighted by Gasteiger charge is -2.61. The maximum atomic E-state index is 12.3. The summed E-state index contributed by atoms with van der Waals surface area (Å²) in [6.07, 6.45) is 4.92. The second kappa shape index (κ2) is 8.12. The zero-order chi connectivity index (χ0) is 23.6. The van der Waals surface area contributed by atoms with E-state index in [0.717, 1.165) is 38.3 Å². The summed E-state index contributed by atoms with van der Waals surface area (Å²) >= 11 is 0. The summed E-state index contributed by atoms with van der Waals surface area (Å²) in [5.41, 5.74) is 2.33. The van der Waals surface area contributed by atoms with Gasteiger partial charge in [0.25, 0.3) is 0 Å². The topological polar surface area (TPSA) is 108 Å². The number of carbonyl (C=O) groups is 2. The van der Waals surface area contributed by atoms with Crippen LogP contribution < -0.4 is 10.1 Å². The summed E-state index contributed by atoms with van der Waals surface area (Å²) in [6, 6.07) is 4.28. The van der Waals surface area contributed by atoms with Gasteiger partial charge in [0, 0.05) is 49.6 Å². The van der Waals surface area contributed by atoms with Crippen molar-refractivity contribution in [2.45, 2.75) is 68.6 Å². The summed E-state index contributed by atoms with van der Waals surface area (Å²) in [7, 11) is 1.70. The zero-order valence-corrected chi connectivity index (χ0v) is 19.7. The van der Waals surface area contributed by atoms with Crippen molar-refractivity contribution in [3.05, 3.63) is 23.3 Å². The minimum Gasteiger partial charge on any atom is -0.504 e. The Hall–Kier alpha value is -2.32. The van der Waals surface area contributed by atoms with Crippen LogP contribution in [0.3, 0.4) is 0 Å². The predicted molar refractivity (Wildman–Crippen MR) is 123 cm³/mol. The third-order valence-electron chi connectivity index (χ3n) is 9.19. The molecule has 2 aliphatic heterocycles. The SMILES string of the molecule is COC1[C@@H](CNC(=O)CCC(=O)O)CC2[C@H]3Cc4ccc(O)c5c4[C@@]2(CCN3CC2CC2)[C@H]1O5. The van der Waals surface area contributed by atoms with E-state index in [1.165, 1.54) is 24.0 Å². The fourth-order valence-electron chi connectivity index (χ4n) is 7.59. The second-order valence-electron chi connectivity index (χ2n) is 11.0. The average Bonchev–Trinajstić information content (AvgIpc) is 3.57. The number of piperidine rings is 1. The van der Waals surface area contributed by atoms with E-state index >= 15 is 0 Å². The second-order valence-corrected chi connectivity index (χ2v) is 11.0. The number of carboxylic acid groups (broad SMARTS) is 1. The molecule has 6 rings (SSSR count). The van der Waals surface area contributed by atoms with E-state index in [-0.39, 0.29) is 48.0 Å². The van der Waals surface area contributed by atoms with Crippen molar-refractivity contribution in [1.29, 1.82) is 0 Å². The lowest BCUT2D eigenvalue weighted by atomic mass is 9.49. The minimum atomic E-state index is -0.969. The van der Waals surface area contributed by atoms with Crippen molar-refractivity contribution in [3.8, 4) is 11.5 Å². The fraction of sp³-hybridized carbons (Fsp3) is 0.692. The van der Waals surface area contributed by atoms with Crippen LogP contribution in [-0.2, 0) is 26.2 Å². The number of nitrogens with zero attached hydrogens (tertiary/aromatic N) is 1. The molecule has 5 aliphatic rings. The normalized spacial score (nSPS) is 35.4. The molecule has 1 saturated heterocycles. The molecule has 2 bridgehead atoms. The van der Waals surface area contributed by atoms with Gasteiger partial charge in [-0.25, -0.2) is 0 Å². The largest absolute Gasteiger partial charge is 0.504 e. The van der Waals surface area contributed by atoms with Crippen molar-refractivity contribution in [3.63, 3.8) is 0 Å². The molecular formula is C26H34N2O6. The first-order valence-electron chi connectivity index (χ1n) is 12.7. The van der Waals surface area contributed by atoms with Crippen LogP contribution in [0.25, 0.3) is 0 Å². The van der Waals surface area contributed by atoms with Crippen LogP contribution in [-0.4, -0.2) is 72.0 Å². The fourth-order valence-corrected chi connectivity index (χ4v) is 7.59. The molecule has 2 heterocycles. The molecule has 3 aliphatic carbocycles. The summed E-state index contributed by atoms with van der Waals surface area (Å²) < 4.78 is 12.6. The van der Waals surface area contributed by atoms with Crippen molar-refractivity contribution in [2.24, 2.45) is 17.8 Å². The third kappa shape index (κ3) is 3.33. The van der Waals surface area contributed by atoms with Gasteiger partial charge in [0.05, 0.1) is 12.5 Å². The molecule has 3 N–H and O–H groups in total. The number of carbonyl (C=O) groups excluding carboxylic acids is 1. The molecule has 8 heteroatoms. The van der Waals surface area contributed by atoms with Crippen LogP contribution >= 0.6 is 0 Å². The van der Waals surface area contributed by atoms with Crippen LogP contribution in [0, 0.1) is 17.8 Å². The van der Waals surface area contributed by atoms with E-state index < -0.39 is 5.97 Å². The summed E-state index contributed by atoms with van der Waals surface area (Å²) in [5, 5.41) is 22.6. The van der Waals surface area contributed by atoms with E-state index in [4.69, 9.17) is 14.6 Å². The van der Waals surface area contributed by atoms with Gasteiger partial charge >= 0.3 is 5.97 Å². The van der Waals surface area contributed by atoms with Gasteiger partial charge in [-0.1, -0.05) is 6.07 Å². The highest BCUT2D eigenvalue weighted by atomic mass is 16.5. The molecule has 2 unspecified atom stereocenters. The van der Waals surface area contributed by atoms with Gasteiger partial charge in [-0.05, 0) is 62.1 Å². The molecule has 1 aromatic rings. The lowest BCUT2D eigenvalue weighted by Crippen LogP contribution is -2.69. The molecule has 184 valence electrons. The molecule has 0 aromatic heterocycles. The Labute approximate surface area is 199 Å². The van der Waals surface area contributed by atoms with E-state index in [9.17, 15) is 14.7 Å². The third-order valence-corrected chi connectivity index (χ3v) is 9.19. The number of methoxy groups -OCH3 is 1. The van der Waals surface area contributed by atoms with Crippen LogP contribution in [0.1, 0.15) is 49.7 Å². The number of nitrogens with one attached hydrogen (secondary N) is 1. The maximum Gasteiger partial charge on any atom is 0.303 e. The number of aromatic hydroxyl groups is 1. The number of aliphatic carboxylic acids is 1. The number of phenolic OH excluding ortho intramolecular Hbond substituents is 1. The van der Waals surface area contributed by atoms with Crippen LogP contribution in [0.5, 0.6) is 11.5 Å². The van der Waals surface area contributed by atoms with Crippen LogP contribution in [0.2, 0.25) is 0 Å². The first-order valence-corrected chi connectivity index (χ1v) is 12.7. The van der Waals surface area contributed by atoms with Gasteiger partial charge in [-0.15, -0.1) is 0 Å². The highest BCUT2D eigenvalue weighted by Crippen LogP contribution is 2.65. The molecule has 3 fully saturated rings. The Bertz CT molecular complexity index is 1010. The Morgan fingerprint density at radius 2 is 2.12 bits per heavy atom. The van der Waals surface area contributed by atoms with E-state index in [1.807, 2.05) is 0 Å². The van der Waals surface area contributed by atoms with E-state index in [2.05, 4.69) is 16.3 Å². The van der Waals surface area contributed by atoms with Crippen molar-refractivity contribution >= 4 is 11.9 Å². The van der Waals surface area contributed by atoms with Crippen molar-refractivity contribution < 1.29 is 29.3 Å². The number of benzene rings is 1. The molecule has 1 aromatic carbocycles. The van der Waals surface area contributed by atoms with Crippen molar-refractivity contribution in [1.82, 2.24) is 10.2 Å². The lowest BCUT2D eigenvalue weighted by molar-refractivity contribution is -0.143. The number of hydrogen-bond acceptors (Lipinski definition) is 6. The number of rotatable bonds is 8. The van der Waals surface area contributed by atoms with E-state index in [0.29, 0.717) is 24.3 Å². The number of likely N-dealkylation sites (tertiary alicyclic amines) is 1. The van der Waals surface area contributed by atoms with Gasteiger partial charge < -0.3 is 25.0 Å². The van der Waals surface area contributed by atoms with Gasteiger partial charge in [-0.2, -0.15) is 0 Å². The average molecular weight is 471 g/mol. The summed E-state index contributed by atoms with van der Waals surface area (Å²) in [4.78, 5) is 25.8. The molecule has 6 atom stereocenters. The molecule has 34 heavy (non-hydrogen) atoms. The van der Waals surface area contributed by atoms with Crippen LogP contribution in [0.15, 0.2) is 12.1 Å². The maximum absolute atomic E-state index is 12.3. The number of amides is 1. The van der Waals surface area contributed by atoms with Crippen molar-refractivity contribution in [2.75, 3.05) is 26.7 Å². The molecule has 2 saturated carbocycles. The molecule has 0 radical (unpaired) electrons. The first-order chi connectivity index (χ1) is 16.4. The predicted octanol–water partition coefficient (Wildman–Crippen LogP) is 2.06. The Morgan fingerprint density at radius 3 is 2.85 bits per heavy atom. The standard InChI is InChI=1S/C26H34N2O6/c1-33-23-16(12-27-20(30)6-7-21(31)32)10-17-18-11-15-4-5-19(29)24-22(15)26(17,25(23)34-24)8-9-28(18)13-14-2-3-14/h4-5,14,16-18,23,25,29H,2-3,6-13H2,1H3,(H,27,30)(H,31,32)/t16-,17?,18-,23?,25+,26+/m1/s1. The first kappa shape index (κ1) is 22.2. The van der Waals surface area contributed by atoms with Gasteiger partial charge in [0.15, 0.2) is 11.5 Å². The Morgan fingerprint density at radius 1 is 1.29 bits per heavy atom. The Kier molecular flexibility index (Phi) is 5.30. The van der Waals surface area contributed by atoms with Gasteiger partial charge in [0.2, 0.25) is 5.91 Å². The van der Waals surface area contributed by atoms with E-state index in [1.54, 1.807) is 13.2 Å². The Balaban J connectivity index is 1.32. The quantitative estimate of drug-likeness (QED) is 0.534. The monoisotopic (exact) mass is 470 g/mol. The van der Waals surface area contributed by atoms with Gasteiger partial charge in [-0.3, -0.25) is 14.5 Å². The highest BCUT2D eigenvalue weighted by molar-refractivity contribution is 5.80. The summed E-state index contributed by atoms with van der Waals surface area (Å²) in [5.74, 6) is 0.871. The number of hydrogen-bond donors (Lipinski definition) is 3. The smallest absolute Gasteiger partial charge is 0.303 e. The van der Waals surface area contributed by atoms with Crippen LogP contribution in [0.4, 0.5) is 0 Å². The highest BCUT2D eigenvalue weighted by Gasteiger charge is 2.67. The van der Waals surface area contributed by atoms with Gasteiger partial charge in [0.1, 0.15) is 6.10 Å². The zero-order valence-electron chi connectivity index (χ0n) is 19.7. The molecular weight excluding hydrogens is 436 g/mol.